The van der Waals surface area contributed by atoms with E-state index in [1.165, 1.54) is 18.4 Å². The summed E-state index contributed by atoms with van der Waals surface area (Å²) >= 11 is 0. The van der Waals surface area contributed by atoms with Crippen LogP contribution in [-0.2, 0) is 9.59 Å². The van der Waals surface area contributed by atoms with Crippen LogP contribution in [0.25, 0.3) is 0 Å². The van der Waals surface area contributed by atoms with Gasteiger partial charge in [-0.05, 0) is 67.8 Å². The number of methoxy groups -OCH3 is 1. The van der Waals surface area contributed by atoms with Crippen LogP contribution in [0.4, 0.5) is 11.4 Å². The van der Waals surface area contributed by atoms with E-state index in [0.29, 0.717) is 13.0 Å². The molecular weight excluding hydrogens is 390 g/mol. The number of hydrogen-bond donors (Lipinski definition) is 1. The minimum Gasteiger partial charge on any atom is -0.497 e. The van der Waals surface area contributed by atoms with Crippen molar-refractivity contribution in [2.45, 2.75) is 44.6 Å². The van der Waals surface area contributed by atoms with Gasteiger partial charge in [-0.3, -0.25) is 14.5 Å². The third-order valence-electron chi connectivity index (χ3n) is 6.25. The summed E-state index contributed by atoms with van der Waals surface area (Å²) in [5, 5.41) is 3.02. The first-order valence-corrected chi connectivity index (χ1v) is 11.2. The molecule has 0 unspecified atom stereocenters. The highest BCUT2D eigenvalue weighted by molar-refractivity contribution is 5.96. The van der Waals surface area contributed by atoms with E-state index in [2.05, 4.69) is 22.3 Å². The quantitative estimate of drug-likeness (QED) is 0.752. The van der Waals surface area contributed by atoms with Gasteiger partial charge < -0.3 is 15.0 Å². The van der Waals surface area contributed by atoms with Crippen LogP contribution in [0.2, 0.25) is 0 Å². The van der Waals surface area contributed by atoms with Crippen LogP contribution < -0.4 is 15.0 Å². The molecule has 2 aromatic carbocycles. The molecule has 6 nitrogen and oxygen atoms in total. The van der Waals surface area contributed by atoms with Crippen molar-refractivity contribution < 1.29 is 14.3 Å². The van der Waals surface area contributed by atoms with Gasteiger partial charge in [0.25, 0.3) is 0 Å². The fourth-order valence-corrected chi connectivity index (χ4v) is 4.59. The number of carbonyl (C=O) groups is 2. The molecule has 2 aliphatic heterocycles. The summed E-state index contributed by atoms with van der Waals surface area (Å²) in [6, 6.07) is 16.0. The Bertz CT molecular complexity index is 895. The molecule has 0 bridgehead atoms. The zero-order valence-electron chi connectivity index (χ0n) is 18.2. The number of rotatable bonds is 6. The van der Waals surface area contributed by atoms with Gasteiger partial charge in [0.15, 0.2) is 0 Å². The van der Waals surface area contributed by atoms with E-state index in [-0.39, 0.29) is 17.9 Å². The van der Waals surface area contributed by atoms with Crippen molar-refractivity contribution in [2.75, 3.05) is 37.0 Å². The van der Waals surface area contributed by atoms with Crippen LogP contribution in [0.3, 0.4) is 0 Å². The van der Waals surface area contributed by atoms with E-state index in [9.17, 15) is 9.59 Å². The standard InChI is InChI=1S/C25H31N3O3/c1-31-22-14-8-19(9-15-22)23-6-3-2-4-16-27(23)18-24(29)26-20-10-12-21(13-11-20)28-17-5-7-25(28)30/h8-15,23H,2-7,16-18H2,1H3,(H,26,29)/t23-/m0/s1. The lowest BCUT2D eigenvalue weighted by molar-refractivity contribution is -0.118. The van der Waals surface area contributed by atoms with E-state index in [4.69, 9.17) is 4.74 Å². The van der Waals surface area contributed by atoms with Gasteiger partial charge in [-0.2, -0.15) is 0 Å². The fraction of sp³-hybridized carbons (Fsp3) is 0.440. The number of hydrogen-bond acceptors (Lipinski definition) is 4. The van der Waals surface area contributed by atoms with Gasteiger partial charge in [-0.25, -0.2) is 0 Å². The molecular formula is C25H31N3O3. The number of nitrogens with one attached hydrogen (secondary N) is 1. The molecule has 0 aliphatic carbocycles. The molecule has 1 atom stereocenters. The predicted molar refractivity (Wildman–Crippen MR) is 122 cm³/mol. The largest absolute Gasteiger partial charge is 0.497 e. The normalized spacial score (nSPS) is 19.8. The smallest absolute Gasteiger partial charge is 0.238 e. The first-order chi connectivity index (χ1) is 15.1. The van der Waals surface area contributed by atoms with Crippen LogP contribution in [0.1, 0.15) is 50.1 Å². The van der Waals surface area contributed by atoms with E-state index in [1.807, 2.05) is 41.3 Å². The Morgan fingerprint density at radius 1 is 1.00 bits per heavy atom. The molecule has 2 saturated heterocycles. The maximum atomic E-state index is 12.8. The monoisotopic (exact) mass is 421 g/mol. The summed E-state index contributed by atoms with van der Waals surface area (Å²) in [5.74, 6) is 1.01. The minimum absolute atomic E-state index is 0.00888. The second-order valence-electron chi connectivity index (χ2n) is 8.35. The lowest BCUT2D eigenvalue weighted by Crippen LogP contribution is -2.36. The van der Waals surface area contributed by atoms with Crippen molar-refractivity contribution in [1.82, 2.24) is 4.90 Å². The molecule has 1 N–H and O–H groups in total. The Labute approximate surface area is 184 Å². The Kier molecular flexibility index (Phi) is 6.87. The second-order valence-corrected chi connectivity index (χ2v) is 8.35. The number of ether oxygens (including phenoxy) is 1. The Hall–Kier alpha value is -2.86. The summed E-state index contributed by atoms with van der Waals surface area (Å²) in [6.45, 7) is 2.05. The molecule has 31 heavy (non-hydrogen) atoms. The van der Waals surface area contributed by atoms with E-state index in [0.717, 1.165) is 49.5 Å². The Morgan fingerprint density at radius 2 is 1.77 bits per heavy atom. The molecule has 2 heterocycles. The lowest BCUT2D eigenvalue weighted by atomic mass is 10.0. The van der Waals surface area contributed by atoms with Crippen LogP contribution >= 0.6 is 0 Å². The number of amides is 2. The van der Waals surface area contributed by atoms with Gasteiger partial charge in [0, 0.05) is 30.4 Å². The topological polar surface area (TPSA) is 61.9 Å². The molecule has 0 spiro atoms. The number of benzene rings is 2. The van der Waals surface area contributed by atoms with Crippen molar-refractivity contribution >= 4 is 23.2 Å². The summed E-state index contributed by atoms with van der Waals surface area (Å²) in [4.78, 5) is 28.8. The van der Waals surface area contributed by atoms with Crippen LogP contribution in [0.5, 0.6) is 5.75 Å². The lowest BCUT2D eigenvalue weighted by Gasteiger charge is -2.30. The second kappa shape index (κ2) is 9.96. The Morgan fingerprint density at radius 3 is 2.45 bits per heavy atom. The molecule has 2 aromatic rings. The van der Waals surface area contributed by atoms with E-state index in [1.54, 1.807) is 7.11 Å². The van der Waals surface area contributed by atoms with Crippen LogP contribution in [-0.4, -0.2) is 43.5 Å². The summed E-state index contributed by atoms with van der Waals surface area (Å²) < 4.78 is 5.29. The van der Waals surface area contributed by atoms with Gasteiger partial charge in [0.1, 0.15) is 5.75 Å². The van der Waals surface area contributed by atoms with Gasteiger partial charge >= 0.3 is 0 Å². The highest BCUT2D eigenvalue weighted by Gasteiger charge is 2.25. The van der Waals surface area contributed by atoms with Crippen molar-refractivity contribution in [3.63, 3.8) is 0 Å². The number of nitrogens with zero attached hydrogens (tertiary/aromatic N) is 2. The molecule has 0 saturated carbocycles. The van der Waals surface area contributed by atoms with Crippen molar-refractivity contribution in [2.24, 2.45) is 0 Å². The number of anilines is 2. The maximum absolute atomic E-state index is 12.8. The number of carbonyl (C=O) groups excluding carboxylic acids is 2. The zero-order chi connectivity index (χ0) is 21.6. The molecule has 2 aliphatic rings. The first-order valence-electron chi connectivity index (χ1n) is 11.2. The van der Waals surface area contributed by atoms with Gasteiger partial charge in [-0.15, -0.1) is 0 Å². The molecule has 0 aromatic heterocycles. The summed E-state index contributed by atoms with van der Waals surface area (Å²) in [5.41, 5.74) is 2.89. The molecule has 2 amide bonds. The van der Waals surface area contributed by atoms with Gasteiger partial charge in [-0.1, -0.05) is 25.0 Å². The summed E-state index contributed by atoms with van der Waals surface area (Å²) in [7, 11) is 1.67. The van der Waals surface area contributed by atoms with E-state index >= 15 is 0 Å². The van der Waals surface area contributed by atoms with E-state index < -0.39 is 0 Å². The van der Waals surface area contributed by atoms with Gasteiger partial charge in [0.2, 0.25) is 11.8 Å². The zero-order valence-corrected chi connectivity index (χ0v) is 18.2. The van der Waals surface area contributed by atoms with Crippen LogP contribution in [0.15, 0.2) is 48.5 Å². The molecule has 6 heteroatoms. The highest BCUT2D eigenvalue weighted by Crippen LogP contribution is 2.31. The fourth-order valence-electron chi connectivity index (χ4n) is 4.59. The average Bonchev–Trinajstić information content (AvgIpc) is 3.08. The molecule has 164 valence electrons. The van der Waals surface area contributed by atoms with Crippen molar-refractivity contribution in [3.05, 3.63) is 54.1 Å². The maximum Gasteiger partial charge on any atom is 0.238 e. The molecule has 2 fully saturated rings. The van der Waals surface area contributed by atoms with Crippen molar-refractivity contribution in [3.8, 4) is 5.75 Å². The van der Waals surface area contributed by atoms with Gasteiger partial charge in [0.05, 0.1) is 13.7 Å². The summed E-state index contributed by atoms with van der Waals surface area (Å²) in [6.07, 6.45) is 6.05. The highest BCUT2D eigenvalue weighted by atomic mass is 16.5. The molecule has 0 radical (unpaired) electrons. The SMILES string of the molecule is COc1ccc([C@@H]2CCCCCN2CC(=O)Nc2ccc(N3CCCC3=O)cc2)cc1. The molecule has 4 rings (SSSR count). The average molecular weight is 422 g/mol. The first kappa shape index (κ1) is 21.4. The minimum atomic E-state index is -0.00888. The Balaban J connectivity index is 1.40. The number of likely N-dealkylation sites (tertiary alicyclic amines) is 1. The van der Waals surface area contributed by atoms with Crippen molar-refractivity contribution in [1.29, 1.82) is 0 Å². The third-order valence-corrected chi connectivity index (χ3v) is 6.25. The predicted octanol–water partition coefficient (Wildman–Crippen LogP) is 4.38. The van der Waals surface area contributed by atoms with Crippen LogP contribution in [0, 0.1) is 0 Å². The third kappa shape index (κ3) is 5.25.